The van der Waals surface area contributed by atoms with Crippen LogP contribution in [0.15, 0.2) is 35.6 Å². The largest absolute Gasteiger partial charge is 0.505 e. The van der Waals surface area contributed by atoms with E-state index in [1.54, 1.807) is 0 Å². The monoisotopic (exact) mass is 305 g/mol. The number of hydrogen-bond donors (Lipinski definition) is 4. The normalized spacial score (nSPS) is 11.3. The second-order valence-electron chi connectivity index (χ2n) is 4.39. The molecule has 0 fully saturated rings. The van der Waals surface area contributed by atoms with Crippen molar-refractivity contribution in [3.8, 4) is 5.75 Å². The van der Waals surface area contributed by atoms with Gasteiger partial charge in [-0.1, -0.05) is 5.16 Å². The van der Waals surface area contributed by atoms with Crippen molar-refractivity contribution in [2.45, 2.75) is 6.92 Å². The molecule has 0 aliphatic carbocycles. The number of benzene rings is 1. The molecule has 1 heterocycles. The van der Waals surface area contributed by atoms with Crippen LogP contribution in [0.5, 0.6) is 5.75 Å². The highest BCUT2D eigenvalue weighted by molar-refractivity contribution is 6.14. The lowest BCUT2D eigenvalue weighted by molar-refractivity contribution is 0.0697. The zero-order chi connectivity index (χ0) is 16.3. The van der Waals surface area contributed by atoms with Gasteiger partial charge in [-0.3, -0.25) is 10.0 Å². The molecule has 0 unspecified atom stereocenters. The number of hydrogen-bond acceptors (Lipinski definition) is 6. The maximum absolute atomic E-state index is 13.0. The van der Waals surface area contributed by atoms with Crippen molar-refractivity contribution in [1.29, 1.82) is 0 Å². The molecule has 0 saturated heterocycles. The van der Waals surface area contributed by atoms with Crippen LogP contribution in [0.2, 0.25) is 0 Å². The van der Waals surface area contributed by atoms with Gasteiger partial charge in [-0.2, -0.15) is 0 Å². The summed E-state index contributed by atoms with van der Waals surface area (Å²) in [5.74, 6) is -1.89. The third-order valence-electron chi connectivity index (χ3n) is 3.10. The average Bonchev–Trinajstić information content (AvgIpc) is 2.53. The van der Waals surface area contributed by atoms with Gasteiger partial charge in [-0.05, 0) is 31.2 Å². The van der Waals surface area contributed by atoms with Crippen molar-refractivity contribution in [1.82, 2.24) is 10.5 Å². The molecule has 7 nitrogen and oxygen atoms in total. The van der Waals surface area contributed by atoms with Crippen molar-refractivity contribution in [2.75, 3.05) is 0 Å². The molecule has 2 rings (SSSR count). The van der Waals surface area contributed by atoms with E-state index in [-0.39, 0.29) is 22.5 Å². The highest BCUT2D eigenvalue weighted by atomic mass is 19.1. The van der Waals surface area contributed by atoms with Crippen LogP contribution in [-0.4, -0.2) is 32.1 Å². The summed E-state index contributed by atoms with van der Waals surface area (Å²) >= 11 is 0. The lowest BCUT2D eigenvalue weighted by Gasteiger charge is -2.11. The maximum Gasteiger partial charge on any atom is 0.297 e. The van der Waals surface area contributed by atoms with E-state index in [0.717, 1.165) is 0 Å². The molecule has 0 aliphatic heterocycles. The Hall–Kier alpha value is -3.00. The van der Waals surface area contributed by atoms with Gasteiger partial charge in [0.15, 0.2) is 11.4 Å². The van der Waals surface area contributed by atoms with Gasteiger partial charge >= 0.3 is 0 Å². The van der Waals surface area contributed by atoms with Gasteiger partial charge < -0.3 is 10.3 Å². The Bertz CT molecular complexity index is 744. The Morgan fingerprint density at radius 1 is 1.32 bits per heavy atom. The zero-order valence-electron chi connectivity index (χ0n) is 11.4. The number of halogens is 1. The third kappa shape index (κ3) is 2.72. The van der Waals surface area contributed by atoms with E-state index in [1.165, 1.54) is 42.9 Å². The Balaban J connectivity index is 2.54. The summed E-state index contributed by atoms with van der Waals surface area (Å²) in [5.41, 5.74) is 1.90. The quantitative estimate of drug-likeness (QED) is 0.297. The van der Waals surface area contributed by atoms with E-state index < -0.39 is 17.5 Å². The number of nitrogens with one attached hydrogen (secondary N) is 1. The van der Waals surface area contributed by atoms with Gasteiger partial charge in [-0.15, -0.1) is 0 Å². The molecule has 0 spiro atoms. The van der Waals surface area contributed by atoms with Crippen LogP contribution < -0.4 is 5.48 Å². The number of oxime groups is 1. The standard InChI is InChI=1S/C14H12FN3O4/c1-7-10(6-16-12(13(7)19)14(20)18-22)11(17-21)8-2-4-9(15)5-3-8/h2-6,19,21-22H,1H3,(H,18,20)/b17-11+. The van der Waals surface area contributed by atoms with Crippen LogP contribution in [0.1, 0.15) is 27.2 Å². The summed E-state index contributed by atoms with van der Waals surface area (Å²) in [6, 6.07) is 5.18. The number of aromatic hydroxyl groups is 1. The number of rotatable bonds is 3. The van der Waals surface area contributed by atoms with Gasteiger partial charge in [0.2, 0.25) is 0 Å². The zero-order valence-corrected chi connectivity index (χ0v) is 11.4. The maximum atomic E-state index is 13.0. The number of nitrogens with zero attached hydrogens (tertiary/aromatic N) is 2. The third-order valence-corrected chi connectivity index (χ3v) is 3.10. The molecule has 0 bridgehead atoms. The van der Waals surface area contributed by atoms with Crippen LogP contribution in [0.25, 0.3) is 0 Å². The van der Waals surface area contributed by atoms with E-state index in [4.69, 9.17) is 5.21 Å². The van der Waals surface area contributed by atoms with Gasteiger partial charge in [0, 0.05) is 22.9 Å². The van der Waals surface area contributed by atoms with Crippen LogP contribution in [0.3, 0.4) is 0 Å². The van der Waals surface area contributed by atoms with E-state index in [0.29, 0.717) is 5.56 Å². The highest BCUT2D eigenvalue weighted by Gasteiger charge is 2.20. The molecule has 0 saturated carbocycles. The Kier molecular flexibility index (Phi) is 4.33. The van der Waals surface area contributed by atoms with Crippen LogP contribution in [-0.2, 0) is 0 Å². The van der Waals surface area contributed by atoms with Crippen molar-refractivity contribution in [3.05, 3.63) is 58.7 Å². The average molecular weight is 305 g/mol. The number of pyridine rings is 1. The van der Waals surface area contributed by atoms with Crippen molar-refractivity contribution < 1.29 is 24.7 Å². The van der Waals surface area contributed by atoms with Gasteiger partial charge in [0.1, 0.15) is 11.5 Å². The molecule has 22 heavy (non-hydrogen) atoms. The minimum absolute atomic E-state index is 0.0521. The molecule has 1 amide bonds. The highest BCUT2D eigenvalue weighted by Crippen LogP contribution is 2.25. The molecule has 1 aromatic heterocycles. The lowest BCUT2D eigenvalue weighted by Crippen LogP contribution is -2.21. The minimum atomic E-state index is -0.976. The Labute approximate surface area is 124 Å². The first kappa shape index (κ1) is 15.4. The molecule has 2 aromatic rings. The van der Waals surface area contributed by atoms with E-state index in [2.05, 4.69) is 10.1 Å². The summed E-state index contributed by atoms with van der Waals surface area (Å²) in [5, 5.41) is 30.9. The molecule has 1 aromatic carbocycles. The molecule has 0 radical (unpaired) electrons. The fourth-order valence-corrected chi connectivity index (χ4v) is 1.92. The topological polar surface area (TPSA) is 115 Å². The lowest BCUT2D eigenvalue weighted by atomic mass is 9.99. The first-order valence-electron chi connectivity index (χ1n) is 6.11. The van der Waals surface area contributed by atoms with Crippen molar-refractivity contribution >= 4 is 11.6 Å². The molecule has 0 atom stereocenters. The van der Waals surface area contributed by atoms with E-state index >= 15 is 0 Å². The first-order valence-corrected chi connectivity index (χ1v) is 6.11. The van der Waals surface area contributed by atoms with Crippen molar-refractivity contribution in [2.24, 2.45) is 5.16 Å². The van der Waals surface area contributed by atoms with Crippen molar-refractivity contribution in [3.63, 3.8) is 0 Å². The van der Waals surface area contributed by atoms with E-state index in [1.807, 2.05) is 0 Å². The van der Waals surface area contributed by atoms with Crippen LogP contribution in [0.4, 0.5) is 4.39 Å². The predicted molar refractivity (Wildman–Crippen MR) is 73.7 cm³/mol. The predicted octanol–water partition coefficient (Wildman–Crippen LogP) is 1.58. The number of aromatic nitrogens is 1. The molecule has 0 aliphatic rings. The number of carbonyl (C=O) groups is 1. The van der Waals surface area contributed by atoms with E-state index in [9.17, 15) is 19.5 Å². The van der Waals surface area contributed by atoms with Gasteiger partial charge in [0.05, 0.1) is 0 Å². The number of carbonyl (C=O) groups excluding carboxylic acids is 1. The van der Waals surface area contributed by atoms with Gasteiger partial charge in [0.25, 0.3) is 5.91 Å². The fraction of sp³-hybridized carbons (Fsp3) is 0.0714. The summed E-state index contributed by atoms with van der Waals surface area (Å²) in [7, 11) is 0. The van der Waals surface area contributed by atoms with Gasteiger partial charge in [-0.25, -0.2) is 14.9 Å². The SMILES string of the molecule is Cc1c(/C(=N/O)c2ccc(F)cc2)cnc(C(=O)NO)c1O. The smallest absolute Gasteiger partial charge is 0.297 e. The number of hydroxylamine groups is 1. The molecule has 114 valence electrons. The Morgan fingerprint density at radius 2 is 1.95 bits per heavy atom. The summed E-state index contributed by atoms with van der Waals surface area (Å²) < 4.78 is 13.0. The Morgan fingerprint density at radius 3 is 2.50 bits per heavy atom. The molecule has 8 heteroatoms. The summed E-state index contributed by atoms with van der Waals surface area (Å²) in [4.78, 5) is 15.1. The van der Waals surface area contributed by atoms with Crippen LogP contribution in [0, 0.1) is 12.7 Å². The summed E-state index contributed by atoms with van der Waals surface area (Å²) in [6.45, 7) is 1.48. The second-order valence-corrected chi connectivity index (χ2v) is 4.39. The number of amides is 1. The minimum Gasteiger partial charge on any atom is -0.505 e. The van der Waals surface area contributed by atoms with Crippen LogP contribution >= 0.6 is 0 Å². The molecule has 4 N–H and O–H groups in total. The first-order chi connectivity index (χ1) is 10.5. The second kappa shape index (κ2) is 6.19. The summed E-state index contributed by atoms with van der Waals surface area (Å²) in [6.07, 6.45) is 1.21. The molecular formula is C14H12FN3O4. The molecular weight excluding hydrogens is 293 g/mol. The fourth-order valence-electron chi connectivity index (χ4n) is 1.92.